The molecule has 0 aliphatic carbocycles. The van der Waals surface area contributed by atoms with Crippen LogP contribution >= 0.6 is 12.6 Å². The van der Waals surface area contributed by atoms with E-state index in [4.69, 9.17) is 11.5 Å². The Balaban J connectivity index is 2.76. The maximum absolute atomic E-state index is 12.7. The molecule has 30 heavy (non-hydrogen) atoms. The smallest absolute Gasteiger partial charge is 0.326 e. The number of carboxylic acids is 1. The molecule has 0 bridgehead atoms. The number of aromatic amines is 1. The molecular formula is C17H29N7O5S. The van der Waals surface area contributed by atoms with Crippen molar-refractivity contribution >= 4 is 36.3 Å². The van der Waals surface area contributed by atoms with E-state index in [1.807, 2.05) is 0 Å². The number of aliphatic carboxylic acids is 1. The summed E-state index contributed by atoms with van der Waals surface area (Å²) >= 11 is 3.91. The summed E-state index contributed by atoms with van der Waals surface area (Å²) in [6, 6.07) is -3.06. The molecule has 1 aromatic rings. The van der Waals surface area contributed by atoms with Crippen LogP contribution in [-0.4, -0.2) is 75.7 Å². The van der Waals surface area contributed by atoms with E-state index in [-0.39, 0.29) is 18.6 Å². The number of carbonyl (C=O) groups excluding carboxylic acids is 3. The first-order valence-electron chi connectivity index (χ1n) is 9.42. The third-order valence-corrected chi connectivity index (χ3v) is 4.54. The van der Waals surface area contributed by atoms with Gasteiger partial charge in [0.05, 0.1) is 18.9 Å². The third-order valence-electron chi connectivity index (χ3n) is 4.15. The zero-order valence-corrected chi connectivity index (χ0v) is 17.4. The second-order valence-corrected chi connectivity index (χ2v) is 6.96. The Labute approximate surface area is 179 Å². The molecule has 0 aliphatic heterocycles. The zero-order valence-electron chi connectivity index (χ0n) is 16.5. The van der Waals surface area contributed by atoms with Gasteiger partial charge in [-0.2, -0.15) is 12.6 Å². The van der Waals surface area contributed by atoms with Gasteiger partial charge in [-0.15, -0.1) is 0 Å². The number of nitrogens with two attached hydrogens (primary N) is 2. The number of nitrogens with one attached hydrogen (secondary N) is 4. The molecule has 168 valence electrons. The lowest BCUT2D eigenvalue weighted by molar-refractivity contribution is -0.142. The van der Waals surface area contributed by atoms with E-state index in [1.165, 1.54) is 12.5 Å². The normalized spacial score (nSPS) is 13.7. The van der Waals surface area contributed by atoms with Crippen LogP contribution in [0.15, 0.2) is 12.5 Å². The first kappa shape index (κ1) is 25.4. The van der Waals surface area contributed by atoms with Crippen LogP contribution in [0.25, 0.3) is 0 Å². The van der Waals surface area contributed by atoms with Crippen molar-refractivity contribution in [3.8, 4) is 0 Å². The van der Waals surface area contributed by atoms with Gasteiger partial charge >= 0.3 is 5.97 Å². The van der Waals surface area contributed by atoms with Crippen LogP contribution in [-0.2, 0) is 25.6 Å². The van der Waals surface area contributed by atoms with E-state index < -0.39 is 48.4 Å². The summed E-state index contributed by atoms with van der Waals surface area (Å²) in [6.07, 6.45) is 4.32. The van der Waals surface area contributed by atoms with Crippen LogP contribution in [0.2, 0.25) is 0 Å². The van der Waals surface area contributed by atoms with Crippen LogP contribution in [0.1, 0.15) is 25.0 Å². The molecule has 0 saturated heterocycles. The van der Waals surface area contributed by atoms with Crippen molar-refractivity contribution in [3.63, 3.8) is 0 Å². The molecule has 0 spiro atoms. The molecule has 3 atom stereocenters. The molecule has 0 fully saturated rings. The quantitative estimate of drug-likeness (QED) is 0.114. The molecule has 0 aromatic carbocycles. The molecule has 9 N–H and O–H groups in total. The van der Waals surface area contributed by atoms with Gasteiger partial charge in [0, 0.05) is 24.1 Å². The van der Waals surface area contributed by atoms with Crippen molar-refractivity contribution in [3.05, 3.63) is 18.2 Å². The summed E-state index contributed by atoms with van der Waals surface area (Å²) in [4.78, 5) is 54.7. The van der Waals surface area contributed by atoms with Gasteiger partial charge in [-0.1, -0.05) is 0 Å². The Hall–Kier alpha value is -2.64. The summed E-state index contributed by atoms with van der Waals surface area (Å²) in [7, 11) is 0. The number of hydrogen-bond acceptors (Lipinski definition) is 8. The minimum absolute atomic E-state index is 0.0524. The molecule has 12 nitrogen and oxygen atoms in total. The fraction of sp³-hybridized carbons (Fsp3) is 0.588. The number of unbranched alkanes of at least 4 members (excludes halogenated alkanes) is 1. The highest BCUT2D eigenvalue weighted by Crippen LogP contribution is 2.04. The summed E-state index contributed by atoms with van der Waals surface area (Å²) < 4.78 is 0. The molecule has 3 amide bonds. The minimum atomic E-state index is -1.18. The van der Waals surface area contributed by atoms with Gasteiger partial charge in [-0.25, -0.2) is 9.78 Å². The van der Waals surface area contributed by atoms with Gasteiger partial charge in [-0.05, 0) is 25.8 Å². The van der Waals surface area contributed by atoms with Crippen LogP contribution in [0.5, 0.6) is 0 Å². The number of thiol groups is 1. The lowest BCUT2D eigenvalue weighted by Crippen LogP contribution is -2.54. The van der Waals surface area contributed by atoms with E-state index in [1.54, 1.807) is 0 Å². The number of rotatable bonds is 14. The van der Waals surface area contributed by atoms with Crippen LogP contribution in [0, 0.1) is 0 Å². The van der Waals surface area contributed by atoms with Crippen molar-refractivity contribution in [1.29, 1.82) is 0 Å². The number of carboxylic acid groups (broad SMARTS) is 1. The second-order valence-electron chi connectivity index (χ2n) is 6.59. The Bertz CT molecular complexity index is 701. The van der Waals surface area contributed by atoms with Crippen molar-refractivity contribution in [2.75, 3.05) is 18.8 Å². The average Bonchev–Trinajstić information content (AvgIpc) is 3.23. The highest BCUT2D eigenvalue weighted by Gasteiger charge is 2.27. The topological polar surface area (TPSA) is 205 Å². The van der Waals surface area contributed by atoms with Crippen LogP contribution in [0.4, 0.5) is 0 Å². The van der Waals surface area contributed by atoms with Crippen molar-refractivity contribution < 1.29 is 24.3 Å². The minimum Gasteiger partial charge on any atom is -0.480 e. The Morgan fingerprint density at radius 1 is 1.17 bits per heavy atom. The standard InChI is InChI=1S/C17H29N7O5S/c18-4-2-1-3-12(17(28)29)24-16(27)13(5-10-6-20-9-22-10)23-14(25)7-21-15(26)11(19)8-30/h6,9,11-13,30H,1-5,7-8,18-19H2,(H,20,22)(H,21,26)(H,23,25)(H,24,27)(H,28,29)/t11-,12-,13-/m0/s1. The Morgan fingerprint density at radius 3 is 2.47 bits per heavy atom. The van der Waals surface area contributed by atoms with Crippen molar-refractivity contribution in [1.82, 2.24) is 25.9 Å². The average molecular weight is 444 g/mol. The maximum Gasteiger partial charge on any atom is 0.326 e. The molecule has 1 rings (SSSR count). The maximum atomic E-state index is 12.7. The SMILES string of the molecule is NCCCC[C@H](NC(=O)[C@H](Cc1cnc[nH]1)NC(=O)CNC(=O)[C@@H](N)CS)C(=O)O. The molecule has 1 heterocycles. The fourth-order valence-electron chi connectivity index (χ4n) is 2.47. The van der Waals surface area contributed by atoms with Gasteiger partial charge in [0.1, 0.15) is 12.1 Å². The Morgan fingerprint density at radius 2 is 1.90 bits per heavy atom. The number of carbonyl (C=O) groups is 4. The highest BCUT2D eigenvalue weighted by molar-refractivity contribution is 7.80. The first-order chi connectivity index (χ1) is 14.3. The second kappa shape index (κ2) is 13.6. The number of hydrogen-bond donors (Lipinski definition) is 8. The van der Waals surface area contributed by atoms with Crippen molar-refractivity contribution in [2.24, 2.45) is 11.5 Å². The molecule has 0 radical (unpaired) electrons. The molecule has 0 aliphatic rings. The van der Waals surface area contributed by atoms with Gasteiger partial charge in [0.2, 0.25) is 17.7 Å². The van der Waals surface area contributed by atoms with E-state index >= 15 is 0 Å². The van der Waals surface area contributed by atoms with Gasteiger partial charge in [0.25, 0.3) is 0 Å². The number of amides is 3. The summed E-state index contributed by atoms with van der Waals surface area (Å²) in [5, 5.41) is 16.6. The number of H-pyrrole nitrogens is 1. The highest BCUT2D eigenvalue weighted by atomic mass is 32.1. The molecule has 13 heteroatoms. The van der Waals surface area contributed by atoms with Gasteiger partial charge in [0.15, 0.2) is 0 Å². The third kappa shape index (κ3) is 9.24. The lowest BCUT2D eigenvalue weighted by Gasteiger charge is -2.21. The molecular weight excluding hydrogens is 414 g/mol. The van der Waals surface area contributed by atoms with E-state index in [0.29, 0.717) is 25.1 Å². The van der Waals surface area contributed by atoms with Gasteiger partial charge in [-0.3, -0.25) is 14.4 Å². The van der Waals surface area contributed by atoms with Crippen LogP contribution < -0.4 is 27.4 Å². The largest absolute Gasteiger partial charge is 0.480 e. The summed E-state index contributed by atoms with van der Waals surface area (Å²) in [6.45, 7) is 0.0211. The predicted octanol–water partition coefficient (Wildman–Crippen LogP) is -2.49. The fourth-order valence-corrected chi connectivity index (χ4v) is 2.64. The monoisotopic (exact) mass is 443 g/mol. The van der Waals surface area contributed by atoms with Gasteiger partial charge < -0.3 is 37.5 Å². The molecule has 0 saturated carbocycles. The molecule has 0 unspecified atom stereocenters. The first-order valence-corrected chi connectivity index (χ1v) is 10.1. The van der Waals surface area contributed by atoms with E-state index in [9.17, 15) is 24.3 Å². The van der Waals surface area contributed by atoms with Crippen LogP contribution in [0.3, 0.4) is 0 Å². The van der Waals surface area contributed by atoms with E-state index in [0.717, 1.165) is 0 Å². The molecule has 1 aromatic heterocycles. The summed E-state index contributed by atoms with van der Waals surface area (Å²) in [5.74, 6) is -2.93. The Kier molecular flexibility index (Phi) is 11.5. The number of aromatic nitrogens is 2. The number of nitrogens with zero attached hydrogens (tertiary/aromatic N) is 1. The van der Waals surface area contributed by atoms with E-state index in [2.05, 4.69) is 38.5 Å². The summed E-state index contributed by atoms with van der Waals surface area (Å²) in [5.41, 5.74) is 11.5. The lowest BCUT2D eigenvalue weighted by atomic mass is 10.1. The van der Waals surface area contributed by atoms with Crippen molar-refractivity contribution in [2.45, 2.75) is 43.8 Å². The predicted molar refractivity (Wildman–Crippen MR) is 112 cm³/mol. The zero-order chi connectivity index (χ0) is 22.5. The number of imidazole rings is 1.